The molecule has 0 atom stereocenters. The Kier molecular flexibility index (Phi) is 4.94. The molecule has 4 aromatic rings. The van der Waals surface area contributed by atoms with Crippen LogP contribution in [0.5, 0.6) is 0 Å². The van der Waals surface area contributed by atoms with Crippen LogP contribution in [0.1, 0.15) is 28.4 Å². The van der Waals surface area contributed by atoms with Crippen LogP contribution in [-0.4, -0.2) is 25.7 Å². The van der Waals surface area contributed by atoms with Gasteiger partial charge in [0.1, 0.15) is 17.7 Å². The minimum atomic E-state index is -4.40. The Labute approximate surface area is 169 Å². The minimum absolute atomic E-state index is 0.0591. The normalized spacial score (nSPS) is 11.6. The van der Waals surface area contributed by atoms with E-state index in [0.29, 0.717) is 39.5 Å². The zero-order valence-corrected chi connectivity index (χ0v) is 15.8. The van der Waals surface area contributed by atoms with Crippen molar-refractivity contribution in [2.45, 2.75) is 19.6 Å². The number of alkyl halides is 3. The molecule has 0 saturated heterocycles. The van der Waals surface area contributed by atoms with E-state index in [0.717, 1.165) is 12.1 Å². The van der Waals surface area contributed by atoms with Crippen LogP contribution in [0.15, 0.2) is 54.9 Å². The van der Waals surface area contributed by atoms with Gasteiger partial charge in [-0.2, -0.15) is 13.2 Å². The van der Waals surface area contributed by atoms with E-state index >= 15 is 0 Å². The van der Waals surface area contributed by atoms with Gasteiger partial charge in [0, 0.05) is 17.7 Å². The summed E-state index contributed by atoms with van der Waals surface area (Å²) in [5.41, 5.74) is 1.95. The van der Waals surface area contributed by atoms with Gasteiger partial charge in [0.15, 0.2) is 17.2 Å². The van der Waals surface area contributed by atoms with E-state index < -0.39 is 11.7 Å². The van der Waals surface area contributed by atoms with Crippen molar-refractivity contribution in [3.05, 3.63) is 71.5 Å². The number of Topliss-reactive ketones (excluding diaryl/α,β-unsaturated/α-hetero) is 1. The first kappa shape index (κ1) is 19.6. The lowest BCUT2D eigenvalue weighted by molar-refractivity contribution is -0.137. The second-order valence-corrected chi connectivity index (χ2v) is 6.69. The number of halogens is 3. The van der Waals surface area contributed by atoms with Crippen molar-refractivity contribution in [1.82, 2.24) is 19.9 Å². The molecule has 2 aromatic carbocycles. The second-order valence-electron chi connectivity index (χ2n) is 6.69. The van der Waals surface area contributed by atoms with Gasteiger partial charge in [0.05, 0.1) is 5.56 Å². The minimum Gasteiger partial charge on any atom is -0.364 e. The number of aromatic amines is 1. The van der Waals surface area contributed by atoms with Crippen LogP contribution in [-0.2, 0) is 12.7 Å². The van der Waals surface area contributed by atoms with Gasteiger partial charge in [-0.15, -0.1) is 0 Å². The predicted molar refractivity (Wildman–Crippen MR) is 106 cm³/mol. The first-order valence-corrected chi connectivity index (χ1v) is 9.03. The van der Waals surface area contributed by atoms with Gasteiger partial charge in [0.2, 0.25) is 0 Å². The third kappa shape index (κ3) is 4.00. The SMILES string of the molecule is CC(=O)c1cccc(-c2nc3ncnc(NCc4cccc(C(F)(F)F)c4)c3[nH]2)c1. The molecule has 2 aromatic heterocycles. The number of H-pyrrole nitrogens is 1. The van der Waals surface area contributed by atoms with Crippen LogP contribution < -0.4 is 5.32 Å². The highest BCUT2D eigenvalue weighted by atomic mass is 19.4. The number of aromatic nitrogens is 4. The number of hydrogen-bond acceptors (Lipinski definition) is 5. The molecule has 0 spiro atoms. The molecule has 152 valence electrons. The molecule has 0 amide bonds. The monoisotopic (exact) mass is 411 g/mol. The average Bonchev–Trinajstić information content (AvgIpc) is 3.17. The highest BCUT2D eigenvalue weighted by Crippen LogP contribution is 2.30. The molecule has 9 heteroatoms. The number of hydrogen-bond donors (Lipinski definition) is 2. The summed E-state index contributed by atoms with van der Waals surface area (Å²) in [5, 5.41) is 3.03. The fourth-order valence-corrected chi connectivity index (χ4v) is 3.03. The lowest BCUT2D eigenvalue weighted by atomic mass is 10.1. The topological polar surface area (TPSA) is 83.6 Å². The lowest BCUT2D eigenvalue weighted by Gasteiger charge is -2.10. The first-order valence-electron chi connectivity index (χ1n) is 9.03. The Morgan fingerprint density at radius 3 is 2.67 bits per heavy atom. The number of carbonyl (C=O) groups excluding carboxylic acids is 1. The Hall–Kier alpha value is -3.75. The van der Waals surface area contributed by atoms with Crippen LogP contribution >= 0.6 is 0 Å². The van der Waals surface area contributed by atoms with Gasteiger partial charge < -0.3 is 10.3 Å². The maximum atomic E-state index is 12.9. The quantitative estimate of drug-likeness (QED) is 0.459. The Morgan fingerprint density at radius 1 is 1.10 bits per heavy atom. The third-order valence-electron chi connectivity index (χ3n) is 4.55. The van der Waals surface area contributed by atoms with Gasteiger partial charge in [-0.1, -0.05) is 30.3 Å². The van der Waals surface area contributed by atoms with Gasteiger partial charge >= 0.3 is 6.18 Å². The van der Waals surface area contributed by atoms with Gasteiger partial charge in [-0.25, -0.2) is 15.0 Å². The van der Waals surface area contributed by atoms with Crippen molar-refractivity contribution < 1.29 is 18.0 Å². The maximum Gasteiger partial charge on any atom is 0.416 e. The zero-order valence-electron chi connectivity index (χ0n) is 15.8. The van der Waals surface area contributed by atoms with Crippen molar-refractivity contribution in [2.75, 3.05) is 5.32 Å². The summed E-state index contributed by atoms with van der Waals surface area (Å²) in [6, 6.07) is 12.1. The van der Waals surface area contributed by atoms with Gasteiger partial charge in [0.25, 0.3) is 0 Å². The lowest BCUT2D eigenvalue weighted by Crippen LogP contribution is -2.07. The summed E-state index contributed by atoms with van der Waals surface area (Å²) in [4.78, 5) is 27.5. The molecular formula is C21H16F3N5O. The summed E-state index contributed by atoms with van der Waals surface area (Å²) in [6.07, 6.45) is -3.07. The fraction of sp³-hybridized carbons (Fsp3) is 0.143. The molecule has 0 bridgehead atoms. The van der Waals surface area contributed by atoms with E-state index in [1.165, 1.54) is 19.3 Å². The van der Waals surface area contributed by atoms with Crippen LogP contribution in [0.3, 0.4) is 0 Å². The number of rotatable bonds is 5. The van der Waals surface area contributed by atoms with E-state index in [1.54, 1.807) is 24.3 Å². The Morgan fingerprint density at radius 2 is 1.90 bits per heavy atom. The van der Waals surface area contributed by atoms with E-state index in [1.807, 2.05) is 6.07 Å². The van der Waals surface area contributed by atoms with Gasteiger partial charge in [-0.05, 0) is 30.7 Å². The highest BCUT2D eigenvalue weighted by molar-refractivity contribution is 5.95. The van der Waals surface area contributed by atoms with E-state index in [4.69, 9.17) is 0 Å². The van der Waals surface area contributed by atoms with E-state index in [2.05, 4.69) is 25.3 Å². The molecule has 0 aliphatic carbocycles. The zero-order chi connectivity index (χ0) is 21.3. The van der Waals surface area contributed by atoms with Crippen molar-refractivity contribution in [2.24, 2.45) is 0 Å². The third-order valence-corrected chi connectivity index (χ3v) is 4.55. The molecule has 30 heavy (non-hydrogen) atoms. The maximum absolute atomic E-state index is 12.9. The summed E-state index contributed by atoms with van der Waals surface area (Å²) < 4.78 is 38.7. The summed E-state index contributed by atoms with van der Waals surface area (Å²) in [5.74, 6) is 0.866. The second kappa shape index (κ2) is 7.58. The van der Waals surface area contributed by atoms with Crippen LogP contribution in [0.25, 0.3) is 22.6 Å². The van der Waals surface area contributed by atoms with Crippen molar-refractivity contribution in [3.63, 3.8) is 0 Å². The molecule has 2 heterocycles. The number of imidazole rings is 1. The number of anilines is 1. The van der Waals surface area contributed by atoms with E-state index in [9.17, 15) is 18.0 Å². The van der Waals surface area contributed by atoms with E-state index in [-0.39, 0.29) is 12.3 Å². The van der Waals surface area contributed by atoms with Crippen LogP contribution in [0.4, 0.5) is 19.0 Å². The molecule has 0 radical (unpaired) electrons. The Balaban J connectivity index is 1.62. The highest BCUT2D eigenvalue weighted by Gasteiger charge is 2.30. The molecule has 4 rings (SSSR count). The summed E-state index contributed by atoms with van der Waals surface area (Å²) in [6.45, 7) is 1.63. The molecular weight excluding hydrogens is 395 g/mol. The van der Waals surface area contributed by atoms with Gasteiger partial charge in [-0.3, -0.25) is 4.79 Å². The number of nitrogens with one attached hydrogen (secondary N) is 2. The number of benzene rings is 2. The van der Waals surface area contributed by atoms with Crippen LogP contribution in [0.2, 0.25) is 0 Å². The summed E-state index contributed by atoms with van der Waals surface area (Å²) >= 11 is 0. The fourth-order valence-electron chi connectivity index (χ4n) is 3.03. The number of nitrogens with zero attached hydrogens (tertiary/aromatic N) is 3. The van der Waals surface area contributed by atoms with Crippen molar-refractivity contribution in [1.29, 1.82) is 0 Å². The van der Waals surface area contributed by atoms with Crippen molar-refractivity contribution in [3.8, 4) is 11.4 Å². The predicted octanol–water partition coefficient (Wildman–Crippen LogP) is 4.85. The molecule has 0 aliphatic rings. The molecule has 0 aliphatic heterocycles. The number of fused-ring (bicyclic) bond motifs is 1. The molecule has 2 N–H and O–H groups in total. The average molecular weight is 411 g/mol. The smallest absolute Gasteiger partial charge is 0.364 e. The standard InChI is InChI=1S/C21H16F3N5O/c1-12(30)14-5-3-6-15(9-14)18-28-17-19(26-11-27-20(17)29-18)25-10-13-4-2-7-16(8-13)21(22,23)24/h2-9,11H,10H2,1H3,(H2,25,26,27,28,29). The molecule has 6 nitrogen and oxygen atoms in total. The van der Waals surface area contributed by atoms with Crippen molar-refractivity contribution >= 4 is 22.8 Å². The largest absolute Gasteiger partial charge is 0.416 e. The number of ketones is 1. The summed E-state index contributed by atoms with van der Waals surface area (Å²) in [7, 11) is 0. The van der Waals surface area contributed by atoms with Crippen LogP contribution in [0, 0.1) is 0 Å². The molecule has 0 saturated carbocycles. The molecule has 0 unspecified atom stereocenters. The number of carbonyl (C=O) groups is 1. The first-order chi connectivity index (χ1) is 14.3. The Bertz CT molecular complexity index is 1230. The molecule has 0 fully saturated rings.